The Morgan fingerprint density at radius 2 is 2.05 bits per heavy atom. The summed E-state index contributed by atoms with van der Waals surface area (Å²) in [6, 6.07) is 3.30. The zero-order chi connectivity index (χ0) is 14.0. The summed E-state index contributed by atoms with van der Waals surface area (Å²) >= 11 is 0. The summed E-state index contributed by atoms with van der Waals surface area (Å²) in [6.07, 6.45) is 3.74. The second-order valence-corrected chi connectivity index (χ2v) is 6.83. The van der Waals surface area contributed by atoms with E-state index in [1.165, 1.54) is 6.07 Å². The topological polar surface area (TPSA) is 43.1 Å². The molecule has 0 radical (unpaired) electrons. The van der Waals surface area contributed by atoms with Crippen LogP contribution in [-0.2, 0) is 10.8 Å². The van der Waals surface area contributed by atoms with Crippen LogP contribution in [0.1, 0.15) is 32.6 Å². The quantitative estimate of drug-likeness (QED) is 0.928. The van der Waals surface area contributed by atoms with E-state index >= 15 is 0 Å². The number of rotatable bonds is 3. The molecule has 106 valence electrons. The lowest BCUT2D eigenvalue weighted by Crippen LogP contribution is -2.42. The lowest BCUT2D eigenvalue weighted by Gasteiger charge is -2.33. The van der Waals surface area contributed by atoms with Crippen LogP contribution in [0, 0.1) is 17.6 Å². The highest BCUT2D eigenvalue weighted by Crippen LogP contribution is 2.31. The van der Waals surface area contributed by atoms with E-state index in [-0.39, 0.29) is 11.3 Å². The van der Waals surface area contributed by atoms with Gasteiger partial charge in [-0.3, -0.25) is 4.21 Å². The molecule has 0 aliphatic heterocycles. The van der Waals surface area contributed by atoms with E-state index in [1.807, 2.05) is 0 Å². The van der Waals surface area contributed by atoms with E-state index in [2.05, 4.69) is 6.92 Å². The van der Waals surface area contributed by atoms with Gasteiger partial charge in [-0.2, -0.15) is 0 Å². The Morgan fingerprint density at radius 1 is 1.32 bits per heavy atom. The molecule has 0 saturated heterocycles. The molecule has 4 unspecified atom stereocenters. The standard InChI is InChI=1S/C14H19F2NOS/c1-2-9-3-6-13(17)14(7-9)19(18)10-4-5-11(15)12(16)8-10/h4-5,8-9,13-14H,2-3,6-7,17H2,1H3. The maximum absolute atomic E-state index is 13.2. The fraction of sp³-hybridized carbons (Fsp3) is 0.571. The van der Waals surface area contributed by atoms with E-state index in [1.54, 1.807) is 0 Å². The van der Waals surface area contributed by atoms with Gasteiger partial charge in [0.1, 0.15) is 0 Å². The number of nitrogens with two attached hydrogens (primary N) is 1. The average molecular weight is 287 g/mol. The smallest absolute Gasteiger partial charge is 0.160 e. The molecule has 1 saturated carbocycles. The minimum Gasteiger partial charge on any atom is -0.327 e. The van der Waals surface area contributed by atoms with Gasteiger partial charge >= 0.3 is 0 Å². The fourth-order valence-electron chi connectivity index (χ4n) is 2.63. The number of hydrogen-bond donors (Lipinski definition) is 1. The summed E-state index contributed by atoms with van der Waals surface area (Å²) < 4.78 is 38.6. The normalized spacial score (nSPS) is 29.2. The van der Waals surface area contributed by atoms with Gasteiger partial charge in [0, 0.05) is 10.9 Å². The van der Waals surface area contributed by atoms with Crippen LogP contribution in [0.2, 0.25) is 0 Å². The molecule has 4 atom stereocenters. The van der Waals surface area contributed by atoms with Crippen LogP contribution in [0.15, 0.2) is 23.1 Å². The van der Waals surface area contributed by atoms with Crippen molar-refractivity contribution in [2.24, 2.45) is 11.7 Å². The van der Waals surface area contributed by atoms with Gasteiger partial charge in [0.15, 0.2) is 11.6 Å². The highest BCUT2D eigenvalue weighted by Gasteiger charge is 2.32. The summed E-state index contributed by atoms with van der Waals surface area (Å²) in [7, 11) is -1.37. The third kappa shape index (κ3) is 3.20. The molecule has 1 aromatic rings. The molecule has 0 spiro atoms. The first-order chi connectivity index (χ1) is 9.02. The number of benzene rings is 1. The molecule has 2 nitrogen and oxygen atoms in total. The van der Waals surface area contributed by atoms with Gasteiger partial charge in [-0.05, 0) is 43.4 Å². The van der Waals surface area contributed by atoms with Crippen molar-refractivity contribution in [3.63, 3.8) is 0 Å². The SMILES string of the molecule is CCC1CCC(N)C(S(=O)c2ccc(F)c(F)c2)C1. The predicted octanol–water partition coefficient (Wildman–Crippen LogP) is 2.98. The van der Waals surface area contributed by atoms with E-state index in [9.17, 15) is 13.0 Å². The first kappa shape index (κ1) is 14.6. The maximum atomic E-state index is 13.2. The van der Waals surface area contributed by atoms with Crippen molar-refractivity contribution in [1.29, 1.82) is 0 Å². The Hall–Kier alpha value is -0.810. The van der Waals surface area contributed by atoms with E-state index in [0.29, 0.717) is 10.8 Å². The molecule has 1 aliphatic rings. The van der Waals surface area contributed by atoms with Crippen molar-refractivity contribution < 1.29 is 13.0 Å². The van der Waals surface area contributed by atoms with Crippen molar-refractivity contribution in [2.45, 2.75) is 48.8 Å². The number of halogens is 2. The van der Waals surface area contributed by atoms with Crippen molar-refractivity contribution in [2.75, 3.05) is 0 Å². The fourth-order valence-corrected chi connectivity index (χ4v) is 4.30. The van der Waals surface area contributed by atoms with Gasteiger partial charge in [0.05, 0.1) is 16.0 Å². The Balaban J connectivity index is 2.19. The molecule has 0 amide bonds. The average Bonchev–Trinajstić information content (AvgIpc) is 2.41. The summed E-state index contributed by atoms with van der Waals surface area (Å²) in [5.41, 5.74) is 6.04. The summed E-state index contributed by atoms with van der Waals surface area (Å²) in [5, 5.41) is -0.163. The van der Waals surface area contributed by atoms with Gasteiger partial charge in [0.25, 0.3) is 0 Å². The molecule has 1 aromatic carbocycles. The summed E-state index contributed by atoms with van der Waals surface area (Å²) in [6.45, 7) is 2.11. The van der Waals surface area contributed by atoms with Gasteiger partial charge in [-0.15, -0.1) is 0 Å². The zero-order valence-electron chi connectivity index (χ0n) is 10.9. The monoisotopic (exact) mass is 287 g/mol. The van der Waals surface area contributed by atoms with Gasteiger partial charge in [-0.25, -0.2) is 8.78 Å². The van der Waals surface area contributed by atoms with Crippen LogP contribution in [0.3, 0.4) is 0 Å². The largest absolute Gasteiger partial charge is 0.327 e. The highest BCUT2D eigenvalue weighted by molar-refractivity contribution is 7.85. The summed E-state index contributed by atoms with van der Waals surface area (Å²) in [4.78, 5) is 0.330. The minimum absolute atomic E-state index is 0.128. The van der Waals surface area contributed by atoms with Gasteiger partial charge in [0.2, 0.25) is 0 Å². The molecule has 0 aromatic heterocycles. The van der Waals surface area contributed by atoms with Crippen molar-refractivity contribution in [3.05, 3.63) is 29.8 Å². The van der Waals surface area contributed by atoms with Crippen LogP contribution in [0.4, 0.5) is 8.78 Å². The lowest BCUT2D eigenvalue weighted by molar-refractivity contribution is 0.324. The summed E-state index contributed by atoms with van der Waals surface area (Å²) in [5.74, 6) is -1.35. The first-order valence-electron chi connectivity index (χ1n) is 6.64. The number of hydrogen-bond acceptors (Lipinski definition) is 2. The van der Waals surface area contributed by atoms with Crippen LogP contribution in [-0.4, -0.2) is 15.5 Å². The van der Waals surface area contributed by atoms with Crippen molar-refractivity contribution in [1.82, 2.24) is 0 Å². The molecule has 0 bridgehead atoms. The second kappa shape index (κ2) is 6.09. The molecular formula is C14H19F2NOS. The Kier molecular flexibility index (Phi) is 4.68. The van der Waals surface area contributed by atoms with Crippen molar-refractivity contribution >= 4 is 10.8 Å². The minimum atomic E-state index is -1.37. The van der Waals surface area contributed by atoms with Gasteiger partial charge in [-0.1, -0.05) is 13.3 Å². The Morgan fingerprint density at radius 3 is 2.68 bits per heavy atom. The third-order valence-electron chi connectivity index (χ3n) is 3.93. The van der Waals surface area contributed by atoms with E-state index in [4.69, 9.17) is 5.73 Å². The van der Waals surface area contributed by atoms with E-state index < -0.39 is 22.4 Å². The highest BCUT2D eigenvalue weighted by atomic mass is 32.2. The maximum Gasteiger partial charge on any atom is 0.160 e. The zero-order valence-corrected chi connectivity index (χ0v) is 11.8. The van der Waals surface area contributed by atoms with Gasteiger partial charge < -0.3 is 5.73 Å². The lowest BCUT2D eigenvalue weighted by atomic mass is 9.84. The van der Waals surface area contributed by atoms with E-state index in [0.717, 1.165) is 37.8 Å². The molecule has 5 heteroatoms. The molecular weight excluding hydrogens is 268 g/mol. The molecule has 2 N–H and O–H groups in total. The van der Waals surface area contributed by atoms with Crippen LogP contribution < -0.4 is 5.73 Å². The van der Waals surface area contributed by atoms with Crippen LogP contribution in [0.25, 0.3) is 0 Å². The van der Waals surface area contributed by atoms with Crippen molar-refractivity contribution in [3.8, 4) is 0 Å². The molecule has 19 heavy (non-hydrogen) atoms. The Bertz CT molecular complexity index is 481. The first-order valence-corrected chi connectivity index (χ1v) is 7.85. The molecule has 1 aliphatic carbocycles. The molecule has 2 rings (SSSR count). The Labute approximate surface area is 114 Å². The molecule has 1 fully saturated rings. The van der Waals surface area contributed by atoms with Crippen LogP contribution in [0.5, 0.6) is 0 Å². The molecule has 0 heterocycles. The van der Waals surface area contributed by atoms with Crippen LogP contribution >= 0.6 is 0 Å². The third-order valence-corrected chi connectivity index (χ3v) is 5.74. The second-order valence-electron chi connectivity index (χ2n) is 5.16. The predicted molar refractivity (Wildman–Crippen MR) is 72.2 cm³/mol.